The number of rotatable bonds is 4. The third-order valence-corrected chi connectivity index (χ3v) is 3.40. The molecule has 0 saturated heterocycles. The van der Waals surface area contributed by atoms with Crippen LogP contribution in [0.15, 0.2) is 61.1 Å². The predicted octanol–water partition coefficient (Wildman–Crippen LogP) is 3.33. The highest BCUT2D eigenvalue weighted by atomic mass is 14.9. The molecule has 3 heteroatoms. The van der Waals surface area contributed by atoms with Crippen molar-refractivity contribution in [1.82, 2.24) is 15.3 Å². The SMILES string of the molecule is CCNC(c1cccnc1)c1cccc2cccnc12. The maximum absolute atomic E-state index is 4.55. The van der Waals surface area contributed by atoms with Gasteiger partial charge in [-0.25, -0.2) is 0 Å². The zero-order valence-electron chi connectivity index (χ0n) is 11.5. The Labute approximate surface area is 118 Å². The summed E-state index contributed by atoms with van der Waals surface area (Å²) in [4.78, 5) is 8.78. The first-order valence-electron chi connectivity index (χ1n) is 6.87. The Bertz CT molecular complexity index is 689. The second-order valence-corrected chi connectivity index (χ2v) is 4.70. The minimum Gasteiger partial charge on any atom is -0.306 e. The highest BCUT2D eigenvalue weighted by molar-refractivity contribution is 5.82. The molecule has 2 aromatic heterocycles. The largest absolute Gasteiger partial charge is 0.306 e. The average Bonchev–Trinajstić information content (AvgIpc) is 2.53. The van der Waals surface area contributed by atoms with Gasteiger partial charge in [0.25, 0.3) is 0 Å². The molecule has 20 heavy (non-hydrogen) atoms. The van der Waals surface area contributed by atoms with Gasteiger partial charge in [0.15, 0.2) is 0 Å². The van der Waals surface area contributed by atoms with Gasteiger partial charge < -0.3 is 5.32 Å². The van der Waals surface area contributed by atoms with Crippen LogP contribution in [0, 0.1) is 0 Å². The monoisotopic (exact) mass is 263 g/mol. The van der Waals surface area contributed by atoms with Crippen molar-refractivity contribution in [2.75, 3.05) is 6.54 Å². The summed E-state index contributed by atoms with van der Waals surface area (Å²) in [5, 5.41) is 4.69. The summed E-state index contributed by atoms with van der Waals surface area (Å²) in [5.41, 5.74) is 3.40. The molecule has 0 aliphatic rings. The van der Waals surface area contributed by atoms with Crippen LogP contribution in [-0.2, 0) is 0 Å². The van der Waals surface area contributed by atoms with Gasteiger partial charge in [0.1, 0.15) is 0 Å². The molecule has 0 fully saturated rings. The Balaban J connectivity index is 2.15. The molecule has 3 aromatic rings. The molecule has 3 rings (SSSR count). The molecule has 0 spiro atoms. The topological polar surface area (TPSA) is 37.8 Å². The maximum atomic E-state index is 4.55. The Morgan fingerprint density at radius 3 is 2.70 bits per heavy atom. The molecule has 3 nitrogen and oxygen atoms in total. The summed E-state index contributed by atoms with van der Waals surface area (Å²) >= 11 is 0. The molecule has 0 radical (unpaired) electrons. The summed E-state index contributed by atoms with van der Waals surface area (Å²) < 4.78 is 0. The Hall–Kier alpha value is -2.26. The van der Waals surface area contributed by atoms with Crippen LogP contribution in [0.2, 0.25) is 0 Å². The van der Waals surface area contributed by atoms with Crippen LogP contribution in [0.4, 0.5) is 0 Å². The number of hydrogen-bond donors (Lipinski definition) is 1. The van der Waals surface area contributed by atoms with E-state index >= 15 is 0 Å². The number of aromatic nitrogens is 2. The van der Waals surface area contributed by atoms with E-state index in [2.05, 4.69) is 52.5 Å². The first-order chi connectivity index (χ1) is 9.90. The number of fused-ring (bicyclic) bond motifs is 1. The molecule has 0 aliphatic carbocycles. The van der Waals surface area contributed by atoms with E-state index < -0.39 is 0 Å². The number of para-hydroxylation sites is 1. The smallest absolute Gasteiger partial charge is 0.0753 e. The highest BCUT2D eigenvalue weighted by Crippen LogP contribution is 2.27. The van der Waals surface area contributed by atoms with E-state index in [0.29, 0.717) is 0 Å². The van der Waals surface area contributed by atoms with Gasteiger partial charge in [0, 0.05) is 24.0 Å². The van der Waals surface area contributed by atoms with Crippen LogP contribution < -0.4 is 5.32 Å². The zero-order valence-corrected chi connectivity index (χ0v) is 11.5. The second kappa shape index (κ2) is 5.80. The number of pyridine rings is 2. The quantitative estimate of drug-likeness (QED) is 0.784. The molecule has 0 aliphatic heterocycles. The van der Waals surface area contributed by atoms with Crippen LogP contribution in [-0.4, -0.2) is 16.5 Å². The second-order valence-electron chi connectivity index (χ2n) is 4.70. The lowest BCUT2D eigenvalue weighted by Crippen LogP contribution is -2.22. The summed E-state index contributed by atoms with van der Waals surface area (Å²) in [6.45, 7) is 3.00. The summed E-state index contributed by atoms with van der Waals surface area (Å²) in [5.74, 6) is 0. The normalized spacial score (nSPS) is 12.4. The van der Waals surface area contributed by atoms with Crippen molar-refractivity contribution < 1.29 is 0 Å². The Morgan fingerprint density at radius 2 is 1.90 bits per heavy atom. The zero-order chi connectivity index (χ0) is 13.8. The summed E-state index contributed by atoms with van der Waals surface area (Å²) in [6, 6.07) is 14.6. The maximum Gasteiger partial charge on any atom is 0.0753 e. The number of hydrogen-bond acceptors (Lipinski definition) is 3. The third-order valence-electron chi connectivity index (χ3n) is 3.40. The first kappa shape index (κ1) is 12.8. The molecule has 1 N–H and O–H groups in total. The lowest BCUT2D eigenvalue weighted by Gasteiger charge is -2.19. The van der Waals surface area contributed by atoms with Crippen LogP contribution in [0.3, 0.4) is 0 Å². The van der Waals surface area contributed by atoms with E-state index in [1.807, 2.05) is 24.5 Å². The summed E-state index contributed by atoms with van der Waals surface area (Å²) in [6.07, 6.45) is 5.56. The van der Waals surface area contributed by atoms with Gasteiger partial charge >= 0.3 is 0 Å². The van der Waals surface area contributed by atoms with Crippen LogP contribution >= 0.6 is 0 Å². The van der Waals surface area contributed by atoms with E-state index in [4.69, 9.17) is 0 Å². The molecular formula is C17H17N3. The van der Waals surface area contributed by atoms with Gasteiger partial charge in [0.2, 0.25) is 0 Å². The van der Waals surface area contributed by atoms with Gasteiger partial charge in [-0.05, 0) is 29.8 Å². The standard InChI is InChI=1S/C17H17N3/c1-2-19-17(14-8-4-10-18-12-14)15-9-3-6-13-7-5-11-20-16(13)15/h3-12,17,19H,2H2,1H3. The minimum absolute atomic E-state index is 0.118. The van der Waals surface area contributed by atoms with Crippen molar-refractivity contribution >= 4 is 10.9 Å². The first-order valence-corrected chi connectivity index (χ1v) is 6.87. The van der Waals surface area contributed by atoms with Crippen molar-refractivity contribution in [2.45, 2.75) is 13.0 Å². The van der Waals surface area contributed by atoms with E-state index in [1.165, 1.54) is 5.56 Å². The fraction of sp³-hybridized carbons (Fsp3) is 0.176. The predicted molar refractivity (Wildman–Crippen MR) is 81.5 cm³/mol. The summed E-state index contributed by atoms with van der Waals surface area (Å²) in [7, 11) is 0. The molecule has 1 aromatic carbocycles. The fourth-order valence-electron chi connectivity index (χ4n) is 2.52. The molecular weight excluding hydrogens is 246 g/mol. The van der Waals surface area contributed by atoms with E-state index in [-0.39, 0.29) is 6.04 Å². The molecule has 0 bridgehead atoms. The Morgan fingerprint density at radius 1 is 1.05 bits per heavy atom. The van der Waals surface area contributed by atoms with Gasteiger partial charge in [0.05, 0.1) is 11.6 Å². The molecule has 0 saturated carbocycles. The van der Waals surface area contributed by atoms with Crippen molar-refractivity contribution in [3.8, 4) is 0 Å². The van der Waals surface area contributed by atoms with Gasteiger partial charge in [-0.15, -0.1) is 0 Å². The molecule has 100 valence electrons. The van der Waals surface area contributed by atoms with Crippen LogP contribution in [0.1, 0.15) is 24.1 Å². The van der Waals surface area contributed by atoms with Crippen molar-refractivity contribution in [1.29, 1.82) is 0 Å². The number of benzene rings is 1. The minimum atomic E-state index is 0.118. The van der Waals surface area contributed by atoms with Crippen molar-refractivity contribution in [2.24, 2.45) is 0 Å². The van der Waals surface area contributed by atoms with Crippen molar-refractivity contribution in [3.05, 3.63) is 72.2 Å². The lowest BCUT2D eigenvalue weighted by atomic mass is 9.97. The van der Waals surface area contributed by atoms with Crippen molar-refractivity contribution in [3.63, 3.8) is 0 Å². The molecule has 2 heterocycles. The third kappa shape index (κ3) is 2.40. The van der Waals surface area contributed by atoms with Gasteiger partial charge in [-0.3, -0.25) is 9.97 Å². The molecule has 1 unspecified atom stereocenters. The van der Waals surface area contributed by atoms with E-state index in [1.54, 1.807) is 6.20 Å². The fourth-order valence-corrected chi connectivity index (χ4v) is 2.52. The molecule has 0 amide bonds. The number of nitrogens with one attached hydrogen (secondary N) is 1. The Kier molecular flexibility index (Phi) is 3.70. The van der Waals surface area contributed by atoms with E-state index in [0.717, 1.165) is 23.0 Å². The highest BCUT2D eigenvalue weighted by Gasteiger charge is 2.16. The average molecular weight is 263 g/mol. The van der Waals surface area contributed by atoms with Crippen LogP contribution in [0.25, 0.3) is 10.9 Å². The van der Waals surface area contributed by atoms with Gasteiger partial charge in [-0.1, -0.05) is 37.3 Å². The lowest BCUT2D eigenvalue weighted by molar-refractivity contribution is 0.631. The van der Waals surface area contributed by atoms with Crippen LogP contribution in [0.5, 0.6) is 0 Å². The van der Waals surface area contributed by atoms with Gasteiger partial charge in [-0.2, -0.15) is 0 Å². The molecule has 1 atom stereocenters. The van der Waals surface area contributed by atoms with E-state index in [9.17, 15) is 0 Å². The number of nitrogens with zero attached hydrogens (tertiary/aromatic N) is 2.